The first-order valence-corrected chi connectivity index (χ1v) is 7.72. The summed E-state index contributed by atoms with van der Waals surface area (Å²) >= 11 is 1.60. The normalized spacial score (nSPS) is 10.7. The Labute approximate surface area is 129 Å². The Balaban J connectivity index is 2.15. The molecular weight excluding hydrogens is 280 g/mol. The summed E-state index contributed by atoms with van der Waals surface area (Å²) in [7, 11) is 0. The third-order valence-electron chi connectivity index (χ3n) is 2.94. The second-order valence-electron chi connectivity index (χ2n) is 5.30. The summed E-state index contributed by atoms with van der Waals surface area (Å²) in [5.41, 5.74) is 8.51. The van der Waals surface area contributed by atoms with Crippen LogP contribution in [0.4, 0.5) is 5.69 Å². The summed E-state index contributed by atoms with van der Waals surface area (Å²) in [6, 6.07) is 13.8. The van der Waals surface area contributed by atoms with Crippen LogP contribution >= 0.6 is 11.8 Å². The Morgan fingerprint density at radius 2 is 1.81 bits per heavy atom. The average molecular weight is 300 g/mol. The van der Waals surface area contributed by atoms with Crippen molar-refractivity contribution in [2.45, 2.75) is 36.6 Å². The molecular formula is C17H20N2OS. The van der Waals surface area contributed by atoms with Crippen molar-refractivity contribution in [3.8, 4) is 0 Å². The Bertz CT molecular complexity index is 636. The zero-order valence-corrected chi connectivity index (χ0v) is 13.3. The molecule has 0 fully saturated rings. The van der Waals surface area contributed by atoms with Gasteiger partial charge < -0.3 is 11.1 Å². The van der Waals surface area contributed by atoms with Gasteiger partial charge in [-0.25, -0.2) is 0 Å². The topological polar surface area (TPSA) is 55.1 Å². The number of carbonyl (C=O) groups excluding carboxylic acids is 1. The first kappa shape index (κ1) is 15.4. The predicted molar refractivity (Wildman–Crippen MR) is 88.8 cm³/mol. The van der Waals surface area contributed by atoms with Gasteiger partial charge in [0.15, 0.2) is 0 Å². The highest BCUT2D eigenvalue weighted by Gasteiger charge is 2.10. The molecule has 3 N–H and O–H groups in total. The van der Waals surface area contributed by atoms with Gasteiger partial charge in [0, 0.05) is 27.1 Å². The Hall–Kier alpha value is -1.94. The molecule has 110 valence electrons. The second-order valence-corrected chi connectivity index (χ2v) is 6.41. The van der Waals surface area contributed by atoms with E-state index in [1.54, 1.807) is 17.8 Å². The average Bonchev–Trinajstić information content (AvgIpc) is 2.42. The zero-order chi connectivity index (χ0) is 15.4. The fourth-order valence-corrected chi connectivity index (χ4v) is 2.70. The molecule has 2 aromatic rings. The first-order chi connectivity index (χ1) is 9.95. The summed E-state index contributed by atoms with van der Waals surface area (Å²) in [5, 5.41) is 2.86. The maximum absolute atomic E-state index is 11.9. The van der Waals surface area contributed by atoms with Gasteiger partial charge in [0.25, 0.3) is 5.91 Å². The van der Waals surface area contributed by atoms with Crippen molar-refractivity contribution in [1.29, 1.82) is 0 Å². The van der Waals surface area contributed by atoms with E-state index in [0.29, 0.717) is 11.3 Å². The summed E-state index contributed by atoms with van der Waals surface area (Å²) in [6.07, 6.45) is 0. The Morgan fingerprint density at radius 1 is 1.14 bits per heavy atom. The summed E-state index contributed by atoms with van der Waals surface area (Å²) < 4.78 is 0. The fraction of sp³-hybridized carbons (Fsp3) is 0.235. The minimum atomic E-state index is -0.0939. The van der Waals surface area contributed by atoms with Crippen molar-refractivity contribution in [2.75, 3.05) is 5.73 Å². The van der Waals surface area contributed by atoms with Crippen LogP contribution in [0.3, 0.4) is 0 Å². The van der Waals surface area contributed by atoms with E-state index in [1.165, 1.54) is 5.56 Å². The van der Waals surface area contributed by atoms with Crippen molar-refractivity contribution in [3.05, 3.63) is 53.6 Å². The number of nitrogen functional groups attached to an aromatic ring is 1. The van der Waals surface area contributed by atoms with Crippen molar-refractivity contribution in [1.82, 2.24) is 5.32 Å². The van der Waals surface area contributed by atoms with E-state index in [2.05, 4.69) is 36.5 Å². The van der Waals surface area contributed by atoms with Crippen LogP contribution in [0.15, 0.2) is 52.3 Å². The van der Waals surface area contributed by atoms with E-state index in [9.17, 15) is 4.79 Å². The smallest absolute Gasteiger partial charge is 0.251 e. The molecule has 0 aliphatic heterocycles. The van der Waals surface area contributed by atoms with Crippen LogP contribution in [0.2, 0.25) is 0 Å². The number of nitrogens with one attached hydrogen (secondary N) is 1. The maximum atomic E-state index is 11.9. The van der Waals surface area contributed by atoms with Crippen molar-refractivity contribution >= 4 is 23.4 Å². The number of rotatable bonds is 4. The number of carbonyl (C=O) groups is 1. The second kappa shape index (κ2) is 6.68. The Morgan fingerprint density at radius 3 is 2.38 bits per heavy atom. The van der Waals surface area contributed by atoms with Gasteiger partial charge in [-0.15, -0.1) is 0 Å². The summed E-state index contributed by atoms with van der Waals surface area (Å²) in [4.78, 5) is 14.0. The van der Waals surface area contributed by atoms with Crippen LogP contribution in [0.1, 0.15) is 29.8 Å². The summed E-state index contributed by atoms with van der Waals surface area (Å²) in [5.74, 6) is -0.0939. The standard InChI is InChI=1S/C17H20N2OS/c1-11(2)19-17(20)13-6-9-16(15(18)10-13)21-14-7-4-12(3)5-8-14/h4-11H,18H2,1-3H3,(H,19,20). The number of benzene rings is 2. The van der Waals surface area contributed by atoms with E-state index >= 15 is 0 Å². The first-order valence-electron chi connectivity index (χ1n) is 6.90. The Kier molecular flexibility index (Phi) is 4.91. The van der Waals surface area contributed by atoms with E-state index in [4.69, 9.17) is 5.73 Å². The summed E-state index contributed by atoms with van der Waals surface area (Å²) in [6.45, 7) is 5.93. The quantitative estimate of drug-likeness (QED) is 0.843. The molecule has 0 saturated heterocycles. The highest BCUT2D eigenvalue weighted by atomic mass is 32.2. The number of aryl methyl sites for hydroxylation is 1. The minimum absolute atomic E-state index is 0.0939. The lowest BCUT2D eigenvalue weighted by atomic mass is 10.2. The molecule has 0 spiro atoms. The van der Waals surface area contributed by atoms with E-state index in [0.717, 1.165) is 9.79 Å². The molecule has 0 saturated carbocycles. The minimum Gasteiger partial charge on any atom is -0.398 e. The van der Waals surface area contributed by atoms with Crippen LogP contribution in [-0.4, -0.2) is 11.9 Å². The lowest BCUT2D eigenvalue weighted by Gasteiger charge is -2.11. The maximum Gasteiger partial charge on any atom is 0.251 e. The zero-order valence-electron chi connectivity index (χ0n) is 12.5. The number of hydrogen-bond donors (Lipinski definition) is 2. The SMILES string of the molecule is Cc1ccc(Sc2ccc(C(=O)NC(C)C)cc2N)cc1. The highest BCUT2D eigenvalue weighted by Crippen LogP contribution is 2.32. The van der Waals surface area contributed by atoms with E-state index < -0.39 is 0 Å². The molecule has 0 heterocycles. The molecule has 0 atom stereocenters. The molecule has 0 aromatic heterocycles. The van der Waals surface area contributed by atoms with Gasteiger partial charge >= 0.3 is 0 Å². The van der Waals surface area contributed by atoms with Crippen LogP contribution in [0, 0.1) is 6.92 Å². The number of amides is 1. The molecule has 3 nitrogen and oxygen atoms in total. The van der Waals surface area contributed by atoms with Gasteiger partial charge in [-0.2, -0.15) is 0 Å². The molecule has 2 aromatic carbocycles. The van der Waals surface area contributed by atoms with Gasteiger partial charge in [-0.05, 0) is 51.1 Å². The molecule has 0 bridgehead atoms. The molecule has 2 rings (SSSR count). The molecule has 0 aliphatic carbocycles. The van der Waals surface area contributed by atoms with Crippen LogP contribution in [0.5, 0.6) is 0 Å². The van der Waals surface area contributed by atoms with Crippen LogP contribution in [0.25, 0.3) is 0 Å². The van der Waals surface area contributed by atoms with Gasteiger partial charge in [-0.3, -0.25) is 4.79 Å². The lowest BCUT2D eigenvalue weighted by Crippen LogP contribution is -2.30. The van der Waals surface area contributed by atoms with Gasteiger partial charge in [0.1, 0.15) is 0 Å². The fourth-order valence-electron chi connectivity index (χ4n) is 1.86. The van der Waals surface area contributed by atoms with Crippen LogP contribution < -0.4 is 11.1 Å². The molecule has 0 unspecified atom stereocenters. The van der Waals surface area contributed by atoms with Crippen LogP contribution in [-0.2, 0) is 0 Å². The predicted octanol–water partition coefficient (Wildman–Crippen LogP) is 3.87. The van der Waals surface area contributed by atoms with Crippen molar-refractivity contribution in [2.24, 2.45) is 0 Å². The van der Waals surface area contributed by atoms with Crippen molar-refractivity contribution in [3.63, 3.8) is 0 Å². The number of anilines is 1. The molecule has 0 radical (unpaired) electrons. The molecule has 1 amide bonds. The number of nitrogens with two attached hydrogens (primary N) is 1. The molecule has 0 aliphatic rings. The molecule has 21 heavy (non-hydrogen) atoms. The number of hydrogen-bond acceptors (Lipinski definition) is 3. The monoisotopic (exact) mass is 300 g/mol. The van der Waals surface area contributed by atoms with Gasteiger partial charge in [-0.1, -0.05) is 29.5 Å². The van der Waals surface area contributed by atoms with E-state index in [1.807, 2.05) is 26.0 Å². The van der Waals surface area contributed by atoms with Gasteiger partial charge in [0.05, 0.1) is 0 Å². The van der Waals surface area contributed by atoms with Gasteiger partial charge in [0.2, 0.25) is 0 Å². The largest absolute Gasteiger partial charge is 0.398 e. The third-order valence-corrected chi connectivity index (χ3v) is 4.04. The van der Waals surface area contributed by atoms with Crippen molar-refractivity contribution < 1.29 is 4.79 Å². The third kappa shape index (κ3) is 4.26. The molecule has 4 heteroatoms. The highest BCUT2D eigenvalue weighted by molar-refractivity contribution is 7.99. The lowest BCUT2D eigenvalue weighted by molar-refractivity contribution is 0.0943. The van der Waals surface area contributed by atoms with E-state index in [-0.39, 0.29) is 11.9 Å².